The zero-order chi connectivity index (χ0) is 17.6. The van der Waals surface area contributed by atoms with Crippen molar-refractivity contribution in [3.05, 3.63) is 53.1 Å². The van der Waals surface area contributed by atoms with Crippen LogP contribution >= 0.6 is 23.4 Å². The van der Waals surface area contributed by atoms with Gasteiger partial charge in [0, 0.05) is 10.7 Å². The molecule has 25 heavy (non-hydrogen) atoms. The summed E-state index contributed by atoms with van der Waals surface area (Å²) in [5.74, 6) is 0.246. The quantitative estimate of drug-likeness (QED) is 0.553. The zero-order valence-electron chi connectivity index (χ0n) is 14.0. The predicted octanol–water partition coefficient (Wildman–Crippen LogP) is 5.29. The SMILES string of the molecule is CCCCc1ccc(NC(=O)CSc2nc3ccc(Cl)cc3[nH]2)cc1. The van der Waals surface area contributed by atoms with Crippen LogP contribution in [0.25, 0.3) is 11.0 Å². The van der Waals surface area contributed by atoms with E-state index in [2.05, 4.69) is 34.3 Å². The minimum absolute atomic E-state index is 0.0511. The van der Waals surface area contributed by atoms with Crippen molar-refractivity contribution in [2.24, 2.45) is 0 Å². The molecule has 2 N–H and O–H groups in total. The lowest BCUT2D eigenvalue weighted by atomic mass is 10.1. The molecule has 0 saturated heterocycles. The number of aromatic nitrogens is 2. The van der Waals surface area contributed by atoms with Gasteiger partial charge in [-0.05, 0) is 48.7 Å². The number of imidazole rings is 1. The third-order valence-electron chi connectivity index (χ3n) is 3.82. The topological polar surface area (TPSA) is 57.8 Å². The molecule has 0 spiro atoms. The fourth-order valence-corrected chi connectivity index (χ4v) is 3.35. The summed E-state index contributed by atoms with van der Waals surface area (Å²) in [4.78, 5) is 19.7. The van der Waals surface area contributed by atoms with Gasteiger partial charge in [-0.15, -0.1) is 0 Å². The molecule has 0 aliphatic carbocycles. The van der Waals surface area contributed by atoms with E-state index in [0.29, 0.717) is 15.9 Å². The van der Waals surface area contributed by atoms with Gasteiger partial charge in [0.1, 0.15) is 0 Å². The molecule has 4 nitrogen and oxygen atoms in total. The van der Waals surface area contributed by atoms with Crippen molar-refractivity contribution in [3.63, 3.8) is 0 Å². The largest absolute Gasteiger partial charge is 0.333 e. The van der Waals surface area contributed by atoms with E-state index in [-0.39, 0.29) is 5.91 Å². The Morgan fingerprint density at radius 2 is 2.04 bits per heavy atom. The molecule has 1 heterocycles. The van der Waals surface area contributed by atoms with E-state index in [1.807, 2.05) is 24.3 Å². The average Bonchev–Trinajstić information content (AvgIpc) is 3.01. The minimum Gasteiger partial charge on any atom is -0.333 e. The van der Waals surface area contributed by atoms with Crippen molar-refractivity contribution in [1.82, 2.24) is 9.97 Å². The lowest BCUT2D eigenvalue weighted by Crippen LogP contribution is -2.14. The first kappa shape index (κ1) is 17.8. The number of carbonyl (C=O) groups excluding carboxylic acids is 1. The van der Waals surface area contributed by atoms with Crippen LogP contribution < -0.4 is 5.32 Å². The summed E-state index contributed by atoms with van der Waals surface area (Å²) >= 11 is 7.34. The number of benzene rings is 2. The van der Waals surface area contributed by atoms with Gasteiger partial charge in [0.05, 0.1) is 16.8 Å². The molecule has 0 aliphatic heterocycles. The Morgan fingerprint density at radius 3 is 2.80 bits per heavy atom. The number of nitrogens with zero attached hydrogens (tertiary/aromatic N) is 1. The number of nitrogens with one attached hydrogen (secondary N) is 2. The summed E-state index contributed by atoms with van der Waals surface area (Å²) in [5.41, 5.74) is 3.84. The molecule has 1 amide bonds. The Hall–Kier alpha value is -1.98. The summed E-state index contributed by atoms with van der Waals surface area (Å²) in [6, 6.07) is 13.5. The van der Waals surface area contributed by atoms with Crippen LogP contribution in [-0.4, -0.2) is 21.6 Å². The number of thioether (sulfide) groups is 1. The van der Waals surface area contributed by atoms with Gasteiger partial charge in [-0.1, -0.05) is 48.8 Å². The fourth-order valence-electron chi connectivity index (χ4n) is 2.49. The number of hydrogen-bond acceptors (Lipinski definition) is 3. The molecule has 0 unspecified atom stereocenters. The highest BCUT2D eigenvalue weighted by atomic mass is 35.5. The van der Waals surface area contributed by atoms with Gasteiger partial charge in [-0.2, -0.15) is 0 Å². The number of halogens is 1. The summed E-state index contributed by atoms with van der Waals surface area (Å²) in [6.45, 7) is 2.18. The van der Waals surface area contributed by atoms with E-state index in [1.54, 1.807) is 6.07 Å². The Bertz CT molecular complexity index is 861. The number of carbonyl (C=O) groups is 1. The van der Waals surface area contributed by atoms with E-state index in [4.69, 9.17) is 11.6 Å². The van der Waals surface area contributed by atoms with E-state index in [9.17, 15) is 4.79 Å². The third-order valence-corrected chi connectivity index (χ3v) is 4.93. The third kappa shape index (κ3) is 5.00. The lowest BCUT2D eigenvalue weighted by molar-refractivity contribution is -0.113. The van der Waals surface area contributed by atoms with Crippen LogP contribution in [0.4, 0.5) is 5.69 Å². The van der Waals surface area contributed by atoms with Crippen LogP contribution in [0.5, 0.6) is 0 Å². The first-order chi connectivity index (χ1) is 12.1. The normalized spacial score (nSPS) is 11.0. The van der Waals surface area contributed by atoms with Gasteiger partial charge in [0.2, 0.25) is 5.91 Å². The number of amides is 1. The predicted molar refractivity (Wildman–Crippen MR) is 106 cm³/mol. The molecular weight excluding hydrogens is 354 g/mol. The lowest BCUT2D eigenvalue weighted by Gasteiger charge is -2.06. The van der Waals surface area contributed by atoms with Crippen LogP contribution in [0.2, 0.25) is 5.02 Å². The second-order valence-electron chi connectivity index (χ2n) is 5.84. The number of rotatable bonds is 7. The number of H-pyrrole nitrogens is 1. The molecule has 3 aromatic rings. The standard InChI is InChI=1S/C19H20ClN3OS/c1-2-3-4-13-5-8-15(9-6-13)21-18(24)12-25-19-22-16-10-7-14(20)11-17(16)23-19/h5-11H,2-4,12H2,1H3,(H,21,24)(H,22,23). The number of anilines is 1. The Morgan fingerprint density at radius 1 is 1.24 bits per heavy atom. The molecule has 3 rings (SSSR count). The van der Waals surface area contributed by atoms with E-state index < -0.39 is 0 Å². The van der Waals surface area contributed by atoms with Crippen molar-refractivity contribution < 1.29 is 4.79 Å². The van der Waals surface area contributed by atoms with E-state index >= 15 is 0 Å². The molecule has 130 valence electrons. The van der Waals surface area contributed by atoms with Crippen molar-refractivity contribution in [2.45, 2.75) is 31.3 Å². The number of aryl methyl sites for hydroxylation is 1. The second kappa shape index (κ2) is 8.41. The van der Waals surface area contributed by atoms with Crippen molar-refractivity contribution in [3.8, 4) is 0 Å². The second-order valence-corrected chi connectivity index (χ2v) is 7.24. The first-order valence-electron chi connectivity index (χ1n) is 8.31. The highest BCUT2D eigenvalue weighted by Gasteiger charge is 2.08. The van der Waals surface area contributed by atoms with Crippen molar-refractivity contribution in [2.75, 3.05) is 11.1 Å². The van der Waals surface area contributed by atoms with Crippen LogP contribution in [0.1, 0.15) is 25.3 Å². The molecule has 0 aliphatic rings. The van der Waals surface area contributed by atoms with Crippen LogP contribution in [0.15, 0.2) is 47.6 Å². The maximum atomic E-state index is 12.1. The monoisotopic (exact) mass is 373 g/mol. The van der Waals surface area contributed by atoms with E-state index in [0.717, 1.165) is 23.1 Å². The Balaban J connectivity index is 1.53. The number of aromatic amines is 1. The Labute approximate surface area is 156 Å². The molecule has 0 fully saturated rings. The van der Waals surface area contributed by atoms with Crippen molar-refractivity contribution >= 4 is 46.0 Å². The minimum atomic E-state index is -0.0511. The summed E-state index contributed by atoms with van der Waals surface area (Å²) in [7, 11) is 0. The zero-order valence-corrected chi connectivity index (χ0v) is 15.6. The van der Waals surface area contributed by atoms with Crippen LogP contribution in [0, 0.1) is 0 Å². The van der Waals surface area contributed by atoms with Gasteiger partial charge >= 0.3 is 0 Å². The van der Waals surface area contributed by atoms with Gasteiger partial charge in [0.25, 0.3) is 0 Å². The van der Waals surface area contributed by atoms with Crippen LogP contribution in [0.3, 0.4) is 0 Å². The van der Waals surface area contributed by atoms with E-state index in [1.165, 1.54) is 30.2 Å². The van der Waals surface area contributed by atoms with Crippen molar-refractivity contribution in [1.29, 1.82) is 0 Å². The molecular formula is C19H20ClN3OS. The summed E-state index contributed by atoms with van der Waals surface area (Å²) in [6.07, 6.45) is 3.45. The molecule has 0 bridgehead atoms. The van der Waals surface area contributed by atoms with Gasteiger partial charge in [-0.25, -0.2) is 4.98 Å². The smallest absolute Gasteiger partial charge is 0.234 e. The highest BCUT2D eigenvalue weighted by molar-refractivity contribution is 7.99. The number of fused-ring (bicyclic) bond motifs is 1. The van der Waals surface area contributed by atoms with Gasteiger partial charge in [-0.3, -0.25) is 4.79 Å². The highest BCUT2D eigenvalue weighted by Crippen LogP contribution is 2.22. The number of unbranched alkanes of at least 4 members (excludes halogenated alkanes) is 1. The molecule has 2 aromatic carbocycles. The molecule has 0 saturated carbocycles. The maximum Gasteiger partial charge on any atom is 0.234 e. The molecule has 0 atom stereocenters. The van der Waals surface area contributed by atoms with Gasteiger partial charge in [0.15, 0.2) is 5.16 Å². The first-order valence-corrected chi connectivity index (χ1v) is 9.67. The molecule has 6 heteroatoms. The summed E-state index contributed by atoms with van der Waals surface area (Å²) in [5, 5.41) is 4.29. The molecule has 1 aromatic heterocycles. The summed E-state index contributed by atoms with van der Waals surface area (Å²) < 4.78 is 0. The van der Waals surface area contributed by atoms with Crippen LogP contribution in [-0.2, 0) is 11.2 Å². The number of hydrogen-bond donors (Lipinski definition) is 2. The van der Waals surface area contributed by atoms with Gasteiger partial charge < -0.3 is 10.3 Å². The average molecular weight is 374 g/mol. The molecule has 0 radical (unpaired) electrons. The fraction of sp³-hybridized carbons (Fsp3) is 0.263. The maximum absolute atomic E-state index is 12.1. The Kier molecular flexibility index (Phi) is 6.00.